The van der Waals surface area contributed by atoms with Crippen LogP contribution in [0.4, 0.5) is 0 Å². The van der Waals surface area contributed by atoms with Crippen LogP contribution in [-0.2, 0) is 16.0 Å². The number of para-hydroxylation sites is 1. The van der Waals surface area contributed by atoms with E-state index in [-0.39, 0.29) is 12.3 Å². The number of carbonyl (C=O) groups excluding carboxylic acids is 1. The first-order valence-corrected chi connectivity index (χ1v) is 7.61. The lowest BCUT2D eigenvalue weighted by Gasteiger charge is -2.16. The van der Waals surface area contributed by atoms with E-state index in [1.807, 2.05) is 36.5 Å². The molecule has 0 atom stereocenters. The van der Waals surface area contributed by atoms with Crippen LogP contribution in [0, 0.1) is 0 Å². The normalized spacial score (nSPS) is 10.5. The fourth-order valence-corrected chi connectivity index (χ4v) is 2.25. The van der Waals surface area contributed by atoms with Gasteiger partial charge in [0.2, 0.25) is 5.91 Å². The van der Waals surface area contributed by atoms with Crippen molar-refractivity contribution in [2.45, 2.75) is 25.7 Å². The van der Waals surface area contributed by atoms with Gasteiger partial charge in [0.25, 0.3) is 0 Å². The van der Waals surface area contributed by atoms with Crippen LogP contribution >= 0.6 is 0 Å². The van der Waals surface area contributed by atoms with Gasteiger partial charge < -0.3 is 10.0 Å². The highest BCUT2D eigenvalue weighted by Gasteiger charge is 2.10. The molecule has 122 valence electrons. The van der Waals surface area contributed by atoms with E-state index in [4.69, 9.17) is 5.11 Å². The lowest BCUT2D eigenvalue weighted by atomic mass is 10.2. The molecule has 1 aromatic heterocycles. The third-order valence-electron chi connectivity index (χ3n) is 3.59. The summed E-state index contributed by atoms with van der Waals surface area (Å²) in [5.41, 5.74) is 1.98. The predicted octanol–water partition coefficient (Wildman–Crippen LogP) is 2.13. The average molecular weight is 315 g/mol. The van der Waals surface area contributed by atoms with Crippen molar-refractivity contribution in [3.8, 4) is 5.69 Å². The number of carboxylic acids is 1. The molecule has 0 aliphatic rings. The minimum Gasteiger partial charge on any atom is -0.481 e. The molecule has 2 aromatic rings. The van der Waals surface area contributed by atoms with Gasteiger partial charge in [0.1, 0.15) is 0 Å². The van der Waals surface area contributed by atoms with Gasteiger partial charge in [-0.05, 0) is 30.5 Å². The van der Waals surface area contributed by atoms with Crippen LogP contribution in [0.1, 0.15) is 24.8 Å². The number of aryl methyl sites for hydroxylation is 1. The number of aromatic nitrogens is 2. The first-order chi connectivity index (χ1) is 11.1. The van der Waals surface area contributed by atoms with Gasteiger partial charge in [0.05, 0.1) is 11.9 Å². The summed E-state index contributed by atoms with van der Waals surface area (Å²) in [5.74, 6) is -0.818. The number of amides is 1. The SMILES string of the molecule is CN(CCCC(=O)O)C(=O)CCc1cnn(-c2ccccc2)c1. The molecule has 0 fully saturated rings. The largest absolute Gasteiger partial charge is 0.481 e. The summed E-state index contributed by atoms with van der Waals surface area (Å²) >= 11 is 0. The monoisotopic (exact) mass is 315 g/mol. The van der Waals surface area contributed by atoms with Crippen molar-refractivity contribution in [2.24, 2.45) is 0 Å². The molecule has 6 nitrogen and oxygen atoms in total. The topological polar surface area (TPSA) is 75.4 Å². The van der Waals surface area contributed by atoms with Gasteiger partial charge >= 0.3 is 5.97 Å². The van der Waals surface area contributed by atoms with Crippen LogP contribution in [0.25, 0.3) is 5.69 Å². The van der Waals surface area contributed by atoms with Gasteiger partial charge in [0, 0.05) is 32.6 Å². The van der Waals surface area contributed by atoms with Gasteiger partial charge in [-0.1, -0.05) is 18.2 Å². The smallest absolute Gasteiger partial charge is 0.303 e. The van der Waals surface area contributed by atoms with Crippen molar-refractivity contribution < 1.29 is 14.7 Å². The number of nitrogens with zero attached hydrogens (tertiary/aromatic N) is 3. The predicted molar refractivity (Wildman–Crippen MR) is 86.4 cm³/mol. The van der Waals surface area contributed by atoms with Crippen LogP contribution in [-0.4, -0.2) is 45.3 Å². The minimum absolute atomic E-state index is 0.0165. The Bertz CT molecular complexity index is 652. The van der Waals surface area contributed by atoms with Crippen molar-refractivity contribution in [3.63, 3.8) is 0 Å². The summed E-state index contributed by atoms with van der Waals surface area (Å²) in [7, 11) is 1.71. The van der Waals surface area contributed by atoms with E-state index in [0.29, 0.717) is 25.8 Å². The molecule has 1 heterocycles. The Morgan fingerprint density at radius 1 is 1.22 bits per heavy atom. The highest BCUT2D eigenvalue weighted by molar-refractivity contribution is 5.76. The Balaban J connectivity index is 1.80. The molecule has 2 rings (SSSR count). The Labute approximate surface area is 135 Å². The van der Waals surface area contributed by atoms with E-state index in [2.05, 4.69) is 5.10 Å². The van der Waals surface area contributed by atoms with Gasteiger partial charge in [-0.25, -0.2) is 4.68 Å². The van der Waals surface area contributed by atoms with E-state index < -0.39 is 5.97 Å². The van der Waals surface area contributed by atoms with Gasteiger partial charge in [-0.2, -0.15) is 5.10 Å². The first kappa shape index (κ1) is 16.7. The van der Waals surface area contributed by atoms with E-state index in [1.54, 1.807) is 22.8 Å². The van der Waals surface area contributed by atoms with E-state index in [0.717, 1.165) is 11.3 Å². The summed E-state index contributed by atoms with van der Waals surface area (Å²) < 4.78 is 1.79. The third-order valence-corrected chi connectivity index (χ3v) is 3.59. The molecule has 1 aromatic carbocycles. The second-order valence-corrected chi connectivity index (χ2v) is 5.44. The van der Waals surface area contributed by atoms with Gasteiger partial charge in [-0.3, -0.25) is 9.59 Å². The second kappa shape index (κ2) is 8.12. The molecule has 23 heavy (non-hydrogen) atoms. The first-order valence-electron chi connectivity index (χ1n) is 7.61. The quantitative estimate of drug-likeness (QED) is 0.809. The Hall–Kier alpha value is -2.63. The average Bonchev–Trinajstić information content (AvgIpc) is 3.02. The summed E-state index contributed by atoms with van der Waals surface area (Å²) in [4.78, 5) is 24.1. The number of carboxylic acid groups (broad SMARTS) is 1. The maximum absolute atomic E-state index is 12.0. The van der Waals surface area contributed by atoms with Gasteiger partial charge in [0.15, 0.2) is 0 Å². The zero-order valence-electron chi connectivity index (χ0n) is 13.2. The summed E-state index contributed by atoms with van der Waals surface area (Å²) in [6.07, 6.45) is 5.27. The lowest BCUT2D eigenvalue weighted by Crippen LogP contribution is -2.28. The van der Waals surface area contributed by atoms with Crippen LogP contribution < -0.4 is 0 Å². The fourth-order valence-electron chi connectivity index (χ4n) is 2.25. The number of benzene rings is 1. The maximum Gasteiger partial charge on any atom is 0.303 e. The van der Waals surface area contributed by atoms with Crippen LogP contribution in [0.15, 0.2) is 42.7 Å². The summed E-state index contributed by atoms with van der Waals surface area (Å²) in [6, 6.07) is 9.79. The summed E-state index contributed by atoms with van der Waals surface area (Å²) in [6.45, 7) is 0.467. The zero-order chi connectivity index (χ0) is 16.7. The van der Waals surface area contributed by atoms with Crippen molar-refractivity contribution in [1.82, 2.24) is 14.7 Å². The minimum atomic E-state index is -0.834. The molecule has 1 amide bonds. The van der Waals surface area contributed by atoms with Crippen LogP contribution in [0.2, 0.25) is 0 Å². The third kappa shape index (κ3) is 5.25. The molecule has 0 unspecified atom stereocenters. The number of carbonyl (C=O) groups is 2. The number of rotatable bonds is 8. The van der Waals surface area contributed by atoms with Gasteiger partial charge in [-0.15, -0.1) is 0 Å². The lowest BCUT2D eigenvalue weighted by molar-refractivity contribution is -0.138. The van der Waals surface area contributed by atoms with Crippen molar-refractivity contribution in [2.75, 3.05) is 13.6 Å². The number of hydrogen-bond acceptors (Lipinski definition) is 3. The fraction of sp³-hybridized carbons (Fsp3) is 0.353. The summed E-state index contributed by atoms with van der Waals surface area (Å²) in [5, 5.41) is 12.9. The molecule has 1 N–H and O–H groups in total. The van der Waals surface area contributed by atoms with Crippen LogP contribution in [0.5, 0.6) is 0 Å². The molecule has 0 spiro atoms. The van der Waals surface area contributed by atoms with Crippen molar-refractivity contribution in [3.05, 3.63) is 48.3 Å². The highest BCUT2D eigenvalue weighted by atomic mass is 16.4. The highest BCUT2D eigenvalue weighted by Crippen LogP contribution is 2.10. The molecular formula is C17H21N3O3. The van der Waals surface area contributed by atoms with Crippen molar-refractivity contribution >= 4 is 11.9 Å². The van der Waals surface area contributed by atoms with E-state index in [1.165, 1.54) is 0 Å². The molecule has 0 aliphatic carbocycles. The Morgan fingerprint density at radius 2 is 1.96 bits per heavy atom. The number of hydrogen-bond donors (Lipinski definition) is 1. The zero-order valence-corrected chi connectivity index (χ0v) is 13.2. The molecular weight excluding hydrogens is 294 g/mol. The molecule has 0 radical (unpaired) electrons. The van der Waals surface area contributed by atoms with E-state index in [9.17, 15) is 9.59 Å². The van der Waals surface area contributed by atoms with Crippen molar-refractivity contribution in [1.29, 1.82) is 0 Å². The Kier molecular flexibility index (Phi) is 5.91. The van der Waals surface area contributed by atoms with E-state index >= 15 is 0 Å². The Morgan fingerprint density at radius 3 is 2.65 bits per heavy atom. The number of aliphatic carboxylic acids is 1. The molecule has 6 heteroatoms. The molecule has 0 saturated heterocycles. The standard InChI is InChI=1S/C17H21N3O3/c1-19(11-5-8-17(22)23)16(21)10-9-14-12-18-20(13-14)15-6-3-2-4-7-15/h2-4,6-7,12-13H,5,8-11H2,1H3,(H,22,23). The molecule has 0 bridgehead atoms. The second-order valence-electron chi connectivity index (χ2n) is 5.44. The maximum atomic E-state index is 12.0. The molecule has 0 aliphatic heterocycles. The van der Waals surface area contributed by atoms with Crippen LogP contribution in [0.3, 0.4) is 0 Å². The molecule has 0 saturated carbocycles.